The summed E-state index contributed by atoms with van der Waals surface area (Å²) in [5, 5.41) is 14.0. The van der Waals surface area contributed by atoms with E-state index in [2.05, 4.69) is 32.1 Å². The van der Waals surface area contributed by atoms with Crippen LogP contribution in [0.25, 0.3) is 17.0 Å². The highest BCUT2D eigenvalue weighted by molar-refractivity contribution is 9.10. The first kappa shape index (κ1) is 20.4. The average molecular weight is 424 g/mol. The van der Waals surface area contributed by atoms with Gasteiger partial charge in [0.1, 0.15) is 10.4 Å². The van der Waals surface area contributed by atoms with Crippen molar-refractivity contribution in [2.45, 2.75) is 58.0 Å². The molecule has 7 nitrogen and oxygen atoms in total. The van der Waals surface area contributed by atoms with Gasteiger partial charge in [-0.1, -0.05) is 18.6 Å². The topological polar surface area (TPSA) is 120 Å². The van der Waals surface area contributed by atoms with Crippen LogP contribution in [0.3, 0.4) is 0 Å². The van der Waals surface area contributed by atoms with Crippen LogP contribution in [-0.2, 0) is 11.3 Å². The molecule has 0 saturated carbocycles. The Morgan fingerprint density at radius 2 is 2.19 bits per heavy atom. The summed E-state index contributed by atoms with van der Waals surface area (Å²) in [7, 11) is 0. The van der Waals surface area contributed by atoms with Crippen molar-refractivity contribution in [3.63, 3.8) is 0 Å². The van der Waals surface area contributed by atoms with Crippen molar-refractivity contribution < 1.29 is 9.90 Å². The summed E-state index contributed by atoms with van der Waals surface area (Å²) in [5.74, 6) is -0.286. The second kappa shape index (κ2) is 9.68. The highest BCUT2D eigenvalue weighted by Crippen LogP contribution is 2.30. The molecule has 8 heteroatoms. The number of nitrogens with two attached hydrogens (primary N) is 2. The molecule has 142 valence electrons. The van der Waals surface area contributed by atoms with Crippen LogP contribution in [-0.4, -0.2) is 31.9 Å². The number of aromatic nitrogens is 3. The van der Waals surface area contributed by atoms with E-state index in [4.69, 9.17) is 16.6 Å². The first-order valence-electron chi connectivity index (χ1n) is 8.84. The molecule has 0 aliphatic heterocycles. The maximum atomic E-state index is 10.5. The smallest absolute Gasteiger partial charge is 0.303 e. The largest absolute Gasteiger partial charge is 0.481 e. The van der Waals surface area contributed by atoms with Crippen LogP contribution in [0, 0.1) is 0 Å². The third-order valence-corrected chi connectivity index (χ3v) is 4.69. The van der Waals surface area contributed by atoms with Gasteiger partial charge in [-0.3, -0.25) is 9.48 Å². The number of halogens is 1. The van der Waals surface area contributed by atoms with E-state index < -0.39 is 5.97 Å². The number of rotatable bonds is 10. The van der Waals surface area contributed by atoms with E-state index >= 15 is 0 Å². The number of carboxylic acid groups (broad SMARTS) is 1. The highest BCUT2D eigenvalue weighted by atomic mass is 79.9. The Morgan fingerprint density at radius 3 is 2.88 bits per heavy atom. The molecule has 0 spiro atoms. The predicted molar refractivity (Wildman–Crippen MR) is 108 cm³/mol. The molecule has 5 N–H and O–H groups in total. The van der Waals surface area contributed by atoms with Crippen LogP contribution in [0.2, 0.25) is 0 Å². The van der Waals surface area contributed by atoms with Crippen LogP contribution in [0.15, 0.2) is 16.9 Å². The zero-order chi connectivity index (χ0) is 19.1. The lowest BCUT2D eigenvalue weighted by atomic mass is 10.1. The van der Waals surface area contributed by atoms with Gasteiger partial charge in [0.25, 0.3) is 0 Å². The van der Waals surface area contributed by atoms with E-state index in [0.717, 1.165) is 42.1 Å². The number of aryl methyl sites for hydroxylation is 1. The van der Waals surface area contributed by atoms with Crippen molar-refractivity contribution in [3.05, 3.63) is 22.4 Å². The van der Waals surface area contributed by atoms with Gasteiger partial charge in [0.05, 0.1) is 10.9 Å². The fraction of sp³-hybridized carbons (Fsp3) is 0.500. The van der Waals surface area contributed by atoms with Crippen molar-refractivity contribution in [1.29, 1.82) is 0 Å². The molecule has 0 radical (unpaired) electrons. The number of unbranched alkanes of at least 4 members (excludes halogenated alkanes) is 3. The zero-order valence-electron chi connectivity index (χ0n) is 15.0. The summed E-state index contributed by atoms with van der Waals surface area (Å²) in [5.41, 5.74) is 13.8. The number of allylic oxidation sites excluding steroid dienone is 1. The summed E-state index contributed by atoms with van der Waals surface area (Å²) >= 11 is 3.48. The molecular formula is C18H26BrN5O2. The molecule has 2 aromatic heterocycles. The van der Waals surface area contributed by atoms with Crippen molar-refractivity contribution in [2.75, 3.05) is 5.73 Å². The number of fused-ring (bicyclic) bond motifs is 1. The molecule has 26 heavy (non-hydrogen) atoms. The van der Waals surface area contributed by atoms with E-state index in [0.29, 0.717) is 23.4 Å². The van der Waals surface area contributed by atoms with Gasteiger partial charge >= 0.3 is 5.97 Å². The van der Waals surface area contributed by atoms with E-state index in [1.807, 2.05) is 17.7 Å². The van der Waals surface area contributed by atoms with E-state index in [-0.39, 0.29) is 12.5 Å². The lowest BCUT2D eigenvalue weighted by molar-refractivity contribution is -0.137. The molecule has 0 aliphatic rings. The maximum absolute atomic E-state index is 10.5. The minimum Gasteiger partial charge on any atom is -0.481 e. The van der Waals surface area contributed by atoms with Gasteiger partial charge in [0.2, 0.25) is 0 Å². The Morgan fingerprint density at radius 1 is 1.42 bits per heavy atom. The lowest BCUT2D eigenvalue weighted by Gasteiger charge is -2.08. The van der Waals surface area contributed by atoms with Gasteiger partial charge in [-0.05, 0) is 48.5 Å². The number of aliphatic carboxylic acids is 1. The third kappa shape index (κ3) is 5.54. The molecule has 2 heterocycles. The zero-order valence-corrected chi connectivity index (χ0v) is 16.6. The van der Waals surface area contributed by atoms with Crippen LogP contribution in [0.5, 0.6) is 0 Å². The molecule has 1 atom stereocenters. The number of carbonyl (C=O) groups is 1. The quantitative estimate of drug-likeness (QED) is 0.502. The summed E-state index contributed by atoms with van der Waals surface area (Å²) in [6, 6.07) is 0.0944. The SMILES string of the molecule is C[C@@H](N)CCn1nc(Br)c2c(N)ncc(/C=C/CCCCCC(=O)O)c21. The number of hydrogen-bond donors (Lipinski definition) is 3. The Bertz CT molecular complexity index is 785. The molecule has 0 aromatic carbocycles. The molecule has 0 saturated heterocycles. The molecule has 0 bridgehead atoms. The van der Waals surface area contributed by atoms with E-state index in [9.17, 15) is 4.79 Å². The highest BCUT2D eigenvalue weighted by Gasteiger charge is 2.15. The van der Waals surface area contributed by atoms with Crippen LogP contribution >= 0.6 is 15.9 Å². The summed E-state index contributed by atoms with van der Waals surface area (Å²) < 4.78 is 2.61. The van der Waals surface area contributed by atoms with Crippen LogP contribution in [0.1, 0.15) is 51.0 Å². The standard InChI is InChI=1S/C18H26BrN5O2/c1-12(20)9-10-24-16-13(7-5-3-2-4-6-8-14(25)26)11-22-18(21)15(16)17(19)23-24/h5,7,11-12H,2-4,6,8-10,20H2,1H3,(H2,21,22)(H,25,26)/b7-5+/t12-/m1/s1. The number of hydrogen-bond acceptors (Lipinski definition) is 5. The van der Waals surface area contributed by atoms with Crippen LogP contribution in [0.4, 0.5) is 5.82 Å². The Kier molecular flexibility index (Phi) is 7.59. The average Bonchev–Trinajstić information content (AvgIpc) is 2.91. The molecular weight excluding hydrogens is 398 g/mol. The Hall–Kier alpha value is -1.93. The molecule has 2 rings (SSSR count). The van der Waals surface area contributed by atoms with Crippen molar-refractivity contribution >= 4 is 44.7 Å². The van der Waals surface area contributed by atoms with Gasteiger partial charge in [0.15, 0.2) is 0 Å². The minimum absolute atomic E-state index is 0.0944. The summed E-state index contributed by atoms with van der Waals surface area (Å²) in [4.78, 5) is 14.8. The molecule has 0 aliphatic carbocycles. The Labute approximate surface area is 161 Å². The summed E-state index contributed by atoms with van der Waals surface area (Å²) in [6.07, 6.45) is 10.4. The first-order valence-corrected chi connectivity index (χ1v) is 9.64. The van der Waals surface area contributed by atoms with Gasteiger partial charge in [0, 0.05) is 30.8 Å². The maximum Gasteiger partial charge on any atom is 0.303 e. The summed E-state index contributed by atoms with van der Waals surface area (Å²) in [6.45, 7) is 2.68. The fourth-order valence-electron chi connectivity index (χ4n) is 2.75. The van der Waals surface area contributed by atoms with Gasteiger partial charge in [-0.2, -0.15) is 5.10 Å². The number of anilines is 1. The van der Waals surface area contributed by atoms with Crippen molar-refractivity contribution in [2.24, 2.45) is 5.73 Å². The predicted octanol–water partition coefficient (Wildman–Crippen LogP) is 3.56. The normalized spacial score (nSPS) is 12.9. The first-order chi connectivity index (χ1) is 12.4. The van der Waals surface area contributed by atoms with Crippen molar-refractivity contribution in [3.8, 4) is 0 Å². The molecule has 0 unspecified atom stereocenters. The van der Waals surface area contributed by atoms with Crippen molar-refractivity contribution in [1.82, 2.24) is 14.8 Å². The molecule has 0 amide bonds. The molecule has 2 aromatic rings. The lowest BCUT2D eigenvalue weighted by Crippen LogP contribution is -2.18. The second-order valence-corrected chi connectivity index (χ2v) is 7.25. The van der Waals surface area contributed by atoms with E-state index in [1.165, 1.54) is 0 Å². The second-order valence-electron chi connectivity index (χ2n) is 6.50. The molecule has 0 fully saturated rings. The fourth-order valence-corrected chi connectivity index (χ4v) is 3.34. The van der Waals surface area contributed by atoms with Gasteiger partial charge in [-0.25, -0.2) is 4.98 Å². The minimum atomic E-state index is -0.735. The van der Waals surface area contributed by atoms with Gasteiger partial charge in [-0.15, -0.1) is 0 Å². The third-order valence-electron chi connectivity index (χ3n) is 4.14. The number of carboxylic acids is 1. The van der Waals surface area contributed by atoms with E-state index in [1.54, 1.807) is 6.20 Å². The number of nitrogen functional groups attached to an aromatic ring is 1. The van der Waals surface area contributed by atoms with Gasteiger partial charge < -0.3 is 16.6 Å². The monoisotopic (exact) mass is 423 g/mol. The van der Waals surface area contributed by atoms with Crippen LogP contribution < -0.4 is 11.5 Å². The number of nitrogens with zero attached hydrogens (tertiary/aromatic N) is 3. The number of pyridine rings is 1. The Balaban J connectivity index is 2.12.